The van der Waals surface area contributed by atoms with Crippen molar-refractivity contribution in [3.63, 3.8) is 0 Å². The van der Waals surface area contributed by atoms with Crippen molar-refractivity contribution in [2.75, 3.05) is 37.6 Å². The lowest BCUT2D eigenvalue weighted by atomic mass is 10.1. The van der Waals surface area contributed by atoms with E-state index in [-0.39, 0.29) is 24.7 Å². The molecular formula is C23H24N6O2S. The van der Waals surface area contributed by atoms with Gasteiger partial charge in [0.15, 0.2) is 5.13 Å². The topological polar surface area (TPSA) is 82.0 Å². The van der Waals surface area contributed by atoms with Crippen molar-refractivity contribution in [1.82, 2.24) is 19.9 Å². The highest BCUT2D eigenvalue weighted by atomic mass is 32.1. The standard InChI is InChI=1S/C23H24N6O2S/c30-20(8-9-21(31)29-12-10-18(26-29)17-5-2-1-3-6-17)27-13-15-28(16-14-27)23-25-19-7-4-11-24-22(19)32-23/h1-7,11H,8-10,12-16H2. The van der Waals surface area contributed by atoms with Gasteiger partial charge in [-0.2, -0.15) is 5.10 Å². The molecule has 0 atom stereocenters. The Morgan fingerprint density at radius 1 is 0.906 bits per heavy atom. The van der Waals surface area contributed by atoms with Gasteiger partial charge in [-0.25, -0.2) is 15.0 Å². The molecule has 0 spiro atoms. The van der Waals surface area contributed by atoms with Gasteiger partial charge in [-0.05, 0) is 17.7 Å². The van der Waals surface area contributed by atoms with E-state index in [1.165, 1.54) is 5.01 Å². The van der Waals surface area contributed by atoms with E-state index in [4.69, 9.17) is 0 Å². The molecule has 2 aliphatic heterocycles. The van der Waals surface area contributed by atoms with Gasteiger partial charge in [-0.15, -0.1) is 0 Å². The molecule has 2 amide bonds. The minimum Gasteiger partial charge on any atom is -0.344 e. The van der Waals surface area contributed by atoms with Gasteiger partial charge in [-0.1, -0.05) is 41.7 Å². The lowest BCUT2D eigenvalue weighted by Crippen LogP contribution is -2.48. The van der Waals surface area contributed by atoms with Gasteiger partial charge >= 0.3 is 0 Å². The number of nitrogens with zero attached hydrogens (tertiary/aromatic N) is 6. The van der Waals surface area contributed by atoms with E-state index in [1.54, 1.807) is 17.5 Å². The molecule has 0 radical (unpaired) electrons. The third-order valence-electron chi connectivity index (χ3n) is 5.81. The first-order chi connectivity index (χ1) is 15.7. The molecule has 9 heteroatoms. The Morgan fingerprint density at radius 3 is 2.47 bits per heavy atom. The predicted octanol–water partition coefficient (Wildman–Crippen LogP) is 2.76. The molecule has 0 unspecified atom stereocenters. The zero-order valence-corrected chi connectivity index (χ0v) is 18.5. The average molecular weight is 449 g/mol. The summed E-state index contributed by atoms with van der Waals surface area (Å²) < 4.78 is 0. The Kier molecular flexibility index (Phi) is 5.81. The van der Waals surface area contributed by atoms with Crippen molar-refractivity contribution < 1.29 is 9.59 Å². The highest BCUT2D eigenvalue weighted by Crippen LogP contribution is 2.27. The van der Waals surface area contributed by atoms with Crippen LogP contribution in [0, 0.1) is 0 Å². The monoisotopic (exact) mass is 448 g/mol. The fourth-order valence-electron chi connectivity index (χ4n) is 4.01. The summed E-state index contributed by atoms with van der Waals surface area (Å²) in [4.78, 5) is 39.2. The third kappa shape index (κ3) is 4.34. The van der Waals surface area contributed by atoms with Crippen molar-refractivity contribution in [2.45, 2.75) is 19.3 Å². The second-order valence-electron chi connectivity index (χ2n) is 7.87. The molecule has 0 aliphatic carbocycles. The summed E-state index contributed by atoms with van der Waals surface area (Å²) in [5.41, 5.74) is 2.87. The zero-order chi connectivity index (χ0) is 21.9. The number of rotatable bonds is 5. The van der Waals surface area contributed by atoms with Gasteiger partial charge < -0.3 is 9.80 Å². The van der Waals surface area contributed by atoms with Crippen molar-refractivity contribution >= 4 is 44.3 Å². The predicted molar refractivity (Wildman–Crippen MR) is 125 cm³/mol. The third-order valence-corrected chi connectivity index (χ3v) is 6.85. The van der Waals surface area contributed by atoms with Gasteiger partial charge in [0.05, 0.1) is 12.3 Å². The number of anilines is 1. The lowest BCUT2D eigenvalue weighted by Gasteiger charge is -2.34. The molecule has 0 bridgehead atoms. The van der Waals surface area contributed by atoms with E-state index >= 15 is 0 Å². The fraction of sp³-hybridized carbons (Fsp3) is 0.348. The Labute approximate surface area is 190 Å². The molecule has 4 heterocycles. The van der Waals surface area contributed by atoms with Gasteiger partial charge in [0.2, 0.25) is 11.8 Å². The molecule has 2 aromatic heterocycles. The van der Waals surface area contributed by atoms with Gasteiger partial charge in [0.25, 0.3) is 0 Å². The summed E-state index contributed by atoms with van der Waals surface area (Å²) in [5.74, 6) is -0.0691. The number of carbonyl (C=O) groups excluding carboxylic acids is 2. The second-order valence-corrected chi connectivity index (χ2v) is 8.83. The van der Waals surface area contributed by atoms with Crippen LogP contribution in [-0.4, -0.2) is 70.1 Å². The highest BCUT2D eigenvalue weighted by Gasteiger charge is 2.26. The molecular weight excluding hydrogens is 424 g/mol. The number of amides is 2. The first-order valence-electron chi connectivity index (χ1n) is 10.8. The zero-order valence-electron chi connectivity index (χ0n) is 17.7. The largest absolute Gasteiger partial charge is 0.344 e. The maximum absolute atomic E-state index is 12.7. The number of piperazine rings is 1. The van der Waals surface area contributed by atoms with Crippen LogP contribution in [0.2, 0.25) is 0 Å². The first-order valence-corrected chi connectivity index (χ1v) is 11.7. The summed E-state index contributed by atoms with van der Waals surface area (Å²) in [6, 6.07) is 13.8. The molecule has 32 heavy (non-hydrogen) atoms. The number of aromatic nitrogens is 2. The maximum atomic E-state index is 12.7. The van der Waals surface area contributed by atoms with Crippen LogP contribution in [-0.2, 0) is 9.59 Å². The Balaban J connectivity index is 1.10. The molecule has 0 N–H and O–H groups in total. The number of benzene rings is 1. The van der Waals surface area contributed by atoms with Crippen LogP contribution >= 0.6 is 11.3 Å². The number of hydrogen-bond donors (Lipinski definition) is 0. The van der Waals surface area contributed by atoms with Crippen LogP contribution in [0.1, 0.15) is 24.8 Å². The minimum absolute atomic E-state index is 0.0235. The molecule has 1 saturated heterocycles. The van der Waals surface area contributed by atoms with Gasteiger partial charge in [0.1, 0.15) is 10.3 Å². The Morgan fingerprint density at radius 2 is 1.69 bits per heavy atom. The van der Waals surface area contributed by atoms with Crippen molar-refractivity contribution in [3.05, 3.63) is 54.2 Å². The number of thiazole rings is 1. The molecule has 3 aromatic rings. The quantitative estimate of drug-likeness (QED) is 0.600. The van der Waals surface area contributed by atoms with Crippen LogP contribution in [0.4, 0.5) is 5.13 Å². The SMILES string of the molecule is O=C(CCC(=O)N1CCC(c2ccccc2)=N1)N1CCN(c2nc3cccnc3s2)CC1. The fourth-order valence-corrected chi connectivity index (χ4v) is 4.97. The van der Waals surface area contributed by atoms with Crippen LogP contribution in [0.5, 0.6) is 0 Å². The minimum atomic E-state index is -0.0927. The summed E-state index contributed by atoms with van der Waals surface area (Å²) >= 11 is 1.58. The van der Waals surface area contributed by atoms with Crippen molar-refractivity contribution in [3.8, 4) is 0 Å². The van der Waals surface area contributed by atoms with E-state index in [1.807, 2.05) is 47.4 Å². The lowest BCUT2D eigenvalue weighted by molar-refractivity contribution is -0.137. The van der Waals surface area contributed by atoms with E-state index in [0.717, 1.165) is 46.3 Å². The Bertz CT molecular complexity index is 1120. The average Bonchev–Trinajstić information content (AvgIpc) is 3.51. The normalized spacial score (nSPS) is 16.5. The van der Waals surface area contributed by atoms with Crippen molar-refractivity contribution in [2.24, 2.45) is 5.10 Å². The number of hydrazone groups is 1. The molecule has 2 aliphatic rings. The van der Waals surface area contributed by atoms with Crippen LogP contribution in [0.15, 0.2) is 53.8 Å². The van der Waals surface area contributed by atoms with Crippen LogP contribution in [0.3, 0.4) is 0 Å². The van der Waals surface area contributed by atoms with E-state index in [2.05, 4.69) is 20.0 Å². The second kappa shape index (κ2) is 9.04. The number of fused-ring (bicyclic) bond motifs is 1. The molecule has 164 valence electrons. The molecule has 8 nitrogen and oxygen atoms in total. The van der Waals surface area contributed by atoms with E-state index < -0.39 is 0 Å². The number of carbonyl (C=O) groups is 2. The van der Waals surface area contributed by atoms with E-state index in [0.29, 0.717) is 19.6 Å². The van der Waals surface area contributed by atoms with Crippen LogP contribution in [0.25, 0.3) is 10.3 Å². The molecule has 0 saturated carbocycles. The maximum Gasteiger partial charge on any atom is 0.243 e. The van der Waals surface area contributed by atoms with Crippen LogP contribution < -0.4 is 4.90 Å². The first kappa shape index (κ1) is 20.6. The molecule has 5 rings (SSSR count). The molecule has 1 fully saturated rings. The number of hydrogen-bond acceptors (Lipinski definition) is 7. The summed E-state index contributed by atoms with van der Waals surface area (Å²) in [7, 11) is 0. The van der Waals surface area contributed by atoms with Gasteiger partial charge in [-0.3, -0.25) is 9.59 Å². The smallest absolute Gasteiger partial charge is 0.243 e. The van der Waals surface area contributed by atoms with Gasteiger partial charge in [0, 0.05) is 51.6 Å². The highest BCUT2D eigenvalue weighted by molar-refractivity contribution is 7.21. The Hall–Kier alpha value is -3.33. The van der Waals surface area contributed by atoms with E-state index in [9.17, 15) is 9.59 Å². The number of pyridine rings is 1. The summed E-state index contributed by atoms with van der Waals surface area (Å²) in [5, 5.41) is 6.92. The molecule has 1 aromatic carbocycles. The summed E-state index contributed by atoms with van der Waals surface area (Å²) in [6.45, 7) is 3.31. The van der Waals surface area contributed by atoms with Crippen molar-refractivity contribution in [1.29, 1.82) is 0 Å². The summed E-state index contributed by atoms with van der Waals surface area (Å²) in [6.07, 6.45) is 2.93.